The average molecular weight is 385 g/mol. The molecule has 0 saturated heterocycles. The zero-order chi connectivity index (χ0) is 19.9. The summed E-state index contributed by atoms with van der Waals surface area (Å²) < 4.78 is 98.1. The van der Waals surface area contributed by atoms with Crippen LogP contribution in [0.5, 0.6) is 0 Å². The SMILES string of the molecule is CCCCOC(=O)C(CC(F)(F)C(F)(F)C(F)(F)F)NC(=O)OCC. The van der Waals surface area contributed by atoms with E-state index in [4.69, 9.17) is 0 Å². The van der Waals surface area contributed by atoms with E-state index in [0.717, 1.165) is 0 Å². The van der Waals surface area contributed by atoms with Crippen molar-refractivity contribution in [3.05, 3.63) is 0 Å². The van der Waals surface area contributed by atoms with Gasteiger partial charge in [-0.05, 0) is 13.3 Å². The van der Waals surface area contributed by atoms with Crippen LogP contribution in [0.25, 0.3) is 0 Å². The van der Waals surface area contributed by atoms with Gasteiger partial charge < -0.3 is 14.8 Å². The lowest BCUT2D eigenvalue weighted by Gasteiger charge is -2.30. The highest BCUT2D eigenvalue weighted by Gasteiger charge is 2.73. The van der Waals surface area contributed by atoms with Gasteiger partial charge in [0.15, 0.2) is 0 Å². The molecule has 1 N–H and O–H groups in total. The van der Waals surface area contributed by atoms with Crippen molar-refractivity contribution in [2.45, 2.75) is 57.2 Å². The number of hydrogen-bond donors (Lipinski definition) is 1. The number of alkyl halides is 7. The summed E-state index contributed by atoms with van der Waals surface area (Å²) in [6.07, 6.45) is -9.47. The molecule has 25 heavy (non-hydrogen) atoms. The first-order chi connectivity index (χ1) is 11.3. The van der Waals surface area contributed by atoms with Crippen LogP contribution in [0.2, 0.25) is 0 Å². The van der Waals surface area contributed by atoms with Crippen molar-refractivity contribution in [3.63, 3.8) is 0 Å². The molecule has 0 fully saturated rings. The van der Waals surface area contributed by atoms with Crippen LogP contribution in [0.1, 0.15) is 33.1 Å². The maximum atomic E-state index is 13.5. The molecule has 12 heteroatoms. The molecule has 0 rings (SSSR count). The van der Waals surface area contributed by atoms with E-state index in [1.165, 1.54) is 12.2 Å². The molecule has 0 aliphatic heterocycles. The summed E-state index contributed by atoms with van der Waals surface area (Å²) in [5, 5.41) is 1.51. The van der Waals surface area contributed by atoms with E-state index < -0.39 is 42.5 Å². The second kappa shape index (κ2) is 9.09. The molecule has 0 radical (unpaired) electrons. The van der Waals surface area contributed by atoms with Crippen LogP contribution < -0.4 is 5.32 Å². The summed E-state index contributed by atoms with van der Waals surface area (Å²) in [5.74, 6) is -13.6. The first-order valence-corrected chi connectivity index (χ1v) is 7.22. The van der Waals surface area contributed by atoms with Crippen molar-refractivity contribution in [2.24, 2.45) is 0 Å². The highest BCUT2D eigenvalue weighted by atomic mass is 19.4. The number of halogens is 7. The molecule has 148 valence electrons. The van der Waals surface area contributed by atoms with E-state index in [2.05, 4.69) is 9.47 Å². The zero-order valence-electron chi connectivity index (χ0n) is 13.4. The van der Waals surface area contributed by atoms with E-state index in [0.29, 0.717) is 12.8 Å². The smallest absolute Gasteiger partial charge is 0.459 e. The Bertz CT molecular complexity index is 454. The fourth-order valence-corrected chi connectivity index (χ4v) is 1.52. The van der Waals surface area contributed by atoms with E-state index in [1.807, 2.05) is 0 Å². The molecule has 0 aromatic carbocycles. The van der Waals surface area contributed by atoms with E-state index in [1.54, 1.807) is 6.92 Å². The minimum atomic E-state index is -6.54. The molecule has 1 unspecified atom stereocenters. The Morgan fingerprint density at radius 3 is 2.00 bits per heavy atom. The van der Waals surface area contributed by atoms with Crippen LogP contribution in [-0.4, -0.2) is 49.3 Å². The summed E-state index contributed by atoms with van der Waals surface area (Å²) in [4.78, 5) is 22.9. The maximum Gasteiger partial charge on any atom is 0.459 e. The summed E-state index contributed by atoms with van der Waals surface area (Å²) in [6, 6.07) is -2.45. The number of carbonyl (C=O) groups excluding carboxylic acids is 2. The first-order valence-electron chi connectivity index (χ1n) is 7.22. The summed E-state index contributed by atoms with van der Waals surface area (Å²) in [6.45, 7) is 2.48. The van der Waals surface area contributed by atoms with Gasteiger partial charge in [-0.1, -0.05) is 13.3 Å². The van der Waals surface area contributed by atoms with E-state index in [9.17, 15) is 40.3 Å². The van der Waals surface area contributed by atoms with E-state index in [-0.39, 0.29) is 13.2 Å². The number of hydrogen-bond acceptors (Lipinski definition) is 4. The van der Waals surface area contributed by atoms with Crippen molar-refractivity contribution in [1.82, 2.24) is 5.32 Å². The van der Waals surface area contributed by atoms with Gasteiger partial charge >= 0.3 is 30.1 Å². The highest BCUT2D eigenvalue weighted by Crippen LogP contribution is 2.48. The molecule has 0 aromatic heterocycles. The first kappa shape index (κ1) is 23.2. The number of esters is 1. The standard InChI is InChI=1S/C13H18F7NO4/c1-3-5-6-25-9(22)8(21-10(23)24-4-2)7-11(14,15)12(16,17)13(18,19)20/h8H,3-7H2,1-2H3,(H,21,23). The number of unbranched alkanes of at least 4 members (excludes halogenated alkanes) is 1. The second-order valence-corrected chi connectivity index (χ2v) is 4.92. The topological polar surface area (TPSA) is 64.6 Å². The molecular formula is C13H18F7NO4. The largest absolute Gasteiger partial charge is 0.464 e. The Morgan fingerprint density at radius 1 is 1.00 bits per heavy atom. The van der Waals surface area contributed by atoms with Gasteiger partial charge in [-0.3, -0.25) is 0 Å². The molecule has 0 bridgehead atoms. The van der Waals surface area contributed by atoms with Crippen LogP contribution in [0.4, 0.5) is 35.5 Å². The number of carbonyl (C=O) groups is 2. The van der Waals surface area contributed by atoms with Crippen LogP contribution in [0.3, 0.4) is 0 Å². The van der Waals surface area contributed by atoms with Crippen molar-refractivity contribution in [3.8, 4) is 0 Å². The Hall–Kier alpha value is -1.75. The fraction of sp³-hybridized carbons (Fsp3) is 0.846. The van der Waals surface area contributed by atoms with Gasteiger partial charge in [-0.2, -0.15) is 30.7 Å². The van der Waals surface area contributed by atoms with Gasteiger partial charge in [0.05, 0.1) is 13.2 Å². The molecular weight excluding hydrogens is 367 g/mol. The van der Waals surface area contributed by atoms with Crippen LogP contribution in [0, 0.1) is 0 Å². The molecule has 0 aliphatic carbocycles. The molecule has 0 aliphatic rings. The van der Waals surface area contributed by atoms with Crippen molar-refractivity contribution in [2.75, 3.05) is 13.2 Å². The van der Waals surface area contributed by atoms with Gasteiger partial charge in [-0.15, -0.1) is 0 Å². The monoisotopic (exact) mass is 385 g/mol. The molecule has 0 aromatic rings. The lowest BCUT2D eigenvalue weighted by Crippen LogP contribution is -2.56. The normalized spacial score (nSPS) is 14.0. The molecule has 0 heterocycles. The molecule has 0 spiro atoms. The maximum absolute atomic E-state index is 13.5. The number of nitrogens with one attached hydrogen (secondary N) is 1. The van der Waals surface area contributed by atoms with Crippen LogP contribution in [0.15, 0.2) is 0 Å². The minimum absolute atomic E-state index is 0.251. The average Bonchev–Trinajstić information content (AvgIpc) is 2.45. The predicted molar refractivity (Wildman–Crippen MR) is 70.4 cm³/mol. The van der Waals surface area contributed by atoms with Crippen molar-refractivity contribution >= 4 is 12.1 Å². The minimum Gasteiger partial charge on any atom is -0.464 e. The van der Waals surface area contributed by atoms with E-state index >= 15 is 0 Å². The van der Waals surface area contributed by atoms with Crippen LogP contribution >= 0.6 is 0 Å². The number of ether oxygens (including phenoxy) is 2. The third kappa shape index (κ3) is 6.58. The summed E-state index contributed by atoms with van der Waals surface area (Å²) >= 11 is 0. The van der Waals surface area contributed by atoms with Crippen molar-refractivity contribution < 1.29 is 49.8 Å². The van der Waals surface area contributed by atoms with Gasteiger partial charge in [-0.25, -0.2) is 9.59 Å². The Balaban J connectivity index is 5.32. The third-order valence-corrected chi connectivity index (χ3v) is 2.87. The van der Waals surface area contributed by atoms with Gasteiger partial charge in [0.2, 0.25) is 0 Å². The molecule has 0 saturated carbocycles. The van der Waals surface area contributed by atoms with Crippen molar-refractivity contribution in [1.29, 1.82) is 0 Å². The Morgan fingerprint density at radius 2 is 1.56 bits per heavy atom. The van der Waals surface area contributed by atoms with Gasteiger partial charge in [0.25, 0.3) is 0 Å². The highest BCUT2D eigenvalue weighted by molar-refractivity contribution is 5.81. The van der Waals surface area contributed by atoms with Crippen LogP contribution in [-0.2, 0) is 14.3 Å². The fourth-order valence-electron chi connectivity index (χ4n) is 1.52. The van der Waals surface area contributed by atoms with Gasteiger partial charge in [0.1, 0.15) is 6.04 Å². The second-order valence-electron chi connectivity index (χ2n) is 4.92. The Labute approximate surface area is 138 Å². The molecule has 5 nitrogen and oxygen atoms in total. The number of amides is 1. The van der Waals surface area contributed by atoms with Gasteiger partial charge in [0, 0.05) is 6.42 Å². The third-order valence-electron chi connectivity index (χ3n) is 2.87. The summed E-state index contributed by atoms with van der Waals surface area (Å²) in [5.41, 5.74) is 0. The summed E-state index contributed by atoms with van der Waals surface area (Å²) in [7, 11) is 0. The molecule has 1 amide bonds. The lowest BCUT2D eigenvalue weighted by molar-refractivity contribution is -0.356. The number of alkyl carbamates (subject to hydrolysis) is 1. The Kier molecular flexibility index (Phi) is 8.45. The quantitative estimate of drug-likeness (QED) is 0.374. The predicted octanol–water partition coefficient (Wildman–Crippen LogP) is 3.67. The lowest BCUT2D eigenvalue weighted by atomic mass is 10.0. The molecule has 1 atom stereocenters. The zero-order valence-corrected chi connectivity index (χ0v) is 13.4. The number of rotatable bonds is 9.